The number of anilines is 1. The van der Waals surface area contributed by atoms with E-state index in [-0.39, 0.29) is 5.91 Å². The number of nitrogens with zero attached hydrogens (tertiary/aromatic N) is 2. The van der Waals surface area contributed by atoms with E-state index in [0.29, 0.717) is 18.2 Å². The van der Waals surface area contributed by atoms with Gasteiger partial charge in [0, 0.05) is 22.6 Å². The summed E-state index contributed by atoms with van der Waals surface area (Å²) in [4.78, 5) is 20.9. The Morgan fingerprint density at radius 1 is 1.19 bits per heavy atom. The number of aromatic nitrogens is 1. The van der Waals surface area contributed by atoms with E-state index in [0.717, 1.165) is 32.7 Å². The number of thioether (sulfide) groups is 1. The molecule has 2 heterocycles. The molecule has 138 valence electrons. The molecule has 0 saturated carbocycles. The second kappa shape index (κ2) is 7.74. The van der Waals surface area contributed by atoms with Crippen LogP contribution in [0.2, 0.25) is 0 Å². The van der Waals surface area contributed by atoms with Gasteiger partial charge < -0.3 is 9.64 Å². The third kappa shape index (κ3) is 3.59. The smallest absolute Gasteiger partial charge is 0.277 e. The van der Waals surface area contributed by atoms with E-state index in [4.69, 9.17) is 4.74 Å². The Morgan fingerprint density at radius 2 is 1.96 bits per heavy atom. The second-order valence-electron chi connectivity index (χ2n) is 6.54. The Labute approximate surface area is 167 Å². The number of carbonyl (C=O) groups is 1. The van der Waals surface area contributed by atoms with Gasteiger partial charge in [0.15, 0.2) is 0 Å². The van der Waals surface area contributed by atoms with Crippen molar-refractivity contribution < 1.29 is 9.53 Å². The highest BCUT2D eigenvalue weighted by Gasteiger charge is 2.27. The van der Waals surface area contributed by atoms with Crippen LogP contribution in [-0.4, -0.2) is 30.3 Å². The summed E-state index contributed by atoms with van der Waals surface area (Å²) in [5.41, 5.74) is 2.36. The van der Waals surface area contributed by atoms with Crippen LogP contribution in [0.5, 0.6) is 5.75 Å². The van der Waals surface area contributed by atoms with E-state index in [9.17, 15) is 4.79 Å². The number of para-hydroxylation sites is 2. The van der Waals surface area contributed by atoms with E-state index in [2.05, 4.69) is 18.0 Å². The number of thiazole rings is 1. The highest BCUT2D eigenvalue weighted by Crippen LogP contribution is 2.37. The molecule has 1 aromatic heterocycles. The molecule has 0 unspecified atom stereocenters. The second-order valence-corrected chi connectivity index (χ2v) is 8.46. The maximum Gasteiger partial charge on any atom is 0.277 e. The SMILES string of the molecule is COc1ccccc1-c1nc(C(=O)N2C[C@@H](C)CSc3ccccc32)cs1. The first-order valence-electron chi connectivity index (χ1n) is 8.80. The summed E-state index contributed by atoms with van der Waals surface area (Å²) in [6.07, 6.45) is 0. The maximum absolute atomic E-state index is 13.3. The highest BCUT2D eigenvalue weighted by atomic mass is 32.2. The summed E-state index contributed by atoms with van der Waals surface area (Å²) in [5, 5.41) is 2.64. The van der Waals surface area contributed by atoms with Gasteiger partial charge >= 0.3 is 0 Å². The lowest BCUT2D eigenvalue weighted by atomic mass is 10.1. The first kappa shape index (κ1) is 18.1. The Hall–Kier alpha value is -2.31. The zero-order chi connectivity index (χ0) is 18.8. The number of fused-ring (bicyclic) bond motifs is 1. The minimum absolute atomic E-state index is 0.0470. The van der Waals surface area contributed by atoms with Gasteiger partial charge in [-0.05, 0) is 30.2 Å². The number of methoxy groups -OCH3 is 1. The van der Waals surface area contributed by atoms with Crippen molar-refractivity contribution in [1.82, 2.24) is 4.98 Å². The fraction of sp³-hybridized carbons (Fsp3) is 0.238. The highest BCUT2D eigenvalue weighted by molar-refractivity contribution is 7.99. The third-order valence-electron chi connectivity index (χ3n) is 4.48. The van der Waals surface area contributed by atoms with Crippen LogP contribution in [-0.2, 0) is 0 Å². The summed E-state index contributed by atoms with van der Waals surface area (Å²) < 4.78 is 5.43. The molecule has 0 fully saturated rings. The predicted molar refractivity (Wildman–Crippen MR) is 112 cm³/mol. The molecule has 0 spiro atoms. The molecule has 1 aliphatic rings. The molecular formula is C21H20N2O2S2. The Kier molecular flexibility index (Phi) is 5.18. The van der Waals surface area contributed by atoms with Gasteiger partial charge in [-0.15, -0.1) is 23.1 Å². The minimum atomic E-state index is -0.0470. The standard InChI is InChI=1S/C21H20N2O2S2/c1-14-11-23(17-8-4-6-10-19(17)26-12-14)21(24)16-13-27-20(22-16)15-7-3-5-9-18(15)25-2/h3-10,13-14H,11-12H2,1-2H3/t14-/m1/s1. The van der Waals surface area contributed by atoms with Crippen LogP contribution in [0.15, 0.2) is 58.8 Å². The summed E-state index contributed by atoms with van der Waals surface area (Å²) in [6.45, 7) is 2.88. The molecule has 6 heteroatoms. The van der Waals surface area contributed by atoms with E-state index in [1.54, 1.807) is 7.11 Å². The van der Waals surface area contributed by atoms with Crippen molar-refractivity contribution in [2.75, 3.05) is 24.3 Å². The summed E-state index contributed by atoms with van der Waals surface area (Å²) in [5.74, 6) is 2.13. The van der Waals surface area contributed by atoms with Crippen molar-refractivity contribution in [2.45, 2.75) is 11.8 Å². The van der Waals surface area contributed by atoms with Gasteiger partial charge in [-0.1, -0.05) is 31.2 Å². The fourth-order valence-electron chi connectivity index (χ4n) is 3.14. The Bertz CT molecular complexity index is 970. The summed E-state index contributed by atoms with van der Waals surface area (Å²) in [7, 11) is 1.64. The molecule has 0 bridgehead atoms. The normalized spacial score (nSPS) is 16.5. The monoisotopic (exact) mass is 396 g/mol. The van der Waals surface area contributed by atoms with Gasteiger partial charge in [0.1, 0.15) is 16.5 Å². The van der Waals surface area contributed by atoms with Crippen molar-refractivity contribution in [1.29, 1.82) is 0 Å². The van der Waals surface area contributed by atoms with E-state index in [1.165, 1.54) is 11.3 Å². The number of hydrogen-bond acceptors (Lipinski definition) is 5. The molecule has 0 saturated heterocycles. The molecule has 2 aromatic carbocycles. The lowest BCUT2D eigenvalue weighted by molar-refractivity contribution is 0.0980. The molecule has 1 aliphatic heterocycles. The molecule has 0 radical (unpaired) electrons. The van der Waals surface area contributed by atoms with Crippen molar-refractivity contribution in [3.8, 4) is 16.3 Å². The van der Waals surface area contributed by atoms with Crippen molar-refractivity contribution in [2.24, 2.45) is 5.92 Å². The van der Waals surface area contributed by atoms with Crippen molar-refractivity contribution in [3.05, 3.63) is 59.6 Å². The van der Waals surface area contributed by atoms with E-state index < -0.39 is 0 Å². The average molecular weight is 397 g/mol. The average Bonchev–Trinajstić information content (AvgIpc) is 3.13. The molecule has 0 aliphatic carbocycles. The van der Waals surface area contributed by atoms with E-state index >= 15 is 0 Å². The number of ether oxygens (including phenoxy) is 1. The summed E-state index contributed by atoms with van der Waals surface area (Å²) in [6, 6.07) is 15.9. The van der Waals surface area contributed by atoms with Crippen LogP contribution in [0, 0.1) is 5.92 Å². The first-order chi connectivity index (χ1) is 13.2. The van der Waals surface area contributed by atoms with Gasteiger partial charge in [0.05, 0.1) is 18.4 Å². The molecular weight excluding hydrogens is 376 g/mol. The fourth-order valence-corrected chi connectivity index (χ4v) is 5.04. The van der Waals surface area contributed by atoms with Gasteiger partial charge in [0.25, 0.3) is 5.91 Å². The Balaban J connectivity index is 1.68. The van der Waals surface area contributed by atoms with Crippen LogP contribution in [0.4, 0.5) is 5.69 Å². The van der Waals surface area contributed by atoms with E-state index in [1.807, 2.05) is 64.5 Å². The Morgan fingerprint density at radius 3 is 2.81 bits per heavy atom. The van der Waals surface area contributed by atoms with Gasteiger partial charge in [0.2, 0.25) is 0 Å². The number of rotatable bonds is 3. The van der Waals surface area contributed by atoms with Crippen LogP contribution >= 0.6 is 23.1 Å². The minimum Gasteiger partial charge on any atom is -0.496 e. The van der Waals surface area contributed by atoms with Crippen LogP contribution in [0.3, 0.4) is 0 Å². The van der Waals surface area contributed by atoms with Crippen molar-refractivity contribution in [3.63, 3.8) is 0 Å². The number of hydrogen-bond donors (Lipinski definition) is 0. The largest absolute Gasteiger partial charge is 0.496 e. The quantitative estimate of drug-likeness (QED) is 0.610. The molecule has 1 amide bonds. The zero-order valence-corrected chi connectivity index (χ0v) is 16.8. The lowest BCUT2D eigenvalue weighted by Crippen LogP contribution is -2.34. The predicted octanol–water partition coefficient (Wildman–Crippen LogP) is 5.21. The van der Waals surface area contributed by atoms with Gasteiger partial charge in [-0.25, -0.2) is 4.98 Å². The van der Waals surface area contributed by atoms with Gasteiger partial charge in [-0.2, -0.15) is 0 Å². The topological polar surface area (TPSA) is 42.4 Å². The van der Waals surface area contributed by atoms with Crippen LogP contribution in [0.25, 0.3) is 10.6 Å². The summed E-state index contributed by atoms with van der Waals surface area (Å²) >= 11 is 3.28. The molecule has 27 heavy (non-hydrogen) atoms. The zero-order valence-electron chi connectivity index (χ0n) is 15.2. The van der Waals surface area contributed by atoms with Gasteiger partial charge in [-0.3, -0.25) is 4.79 Å². The van der Waals surface area contributed by atoms with Crippen molar-refractivity contribution >= 4 is 34.7 Å². The number of amides is 1. The number of carbonyl (C=O) groups excluding carboxylic acids is 1. The molecule has 0 N–H and O–H groups in total. The van der Waals surface area contributed by atoms with Crippen LogP contribution in [0.1, 0.15) is 17.4 Å². The van der Waals surface area contributed by atoms with Crippen LogP contribution < -0.4 is 9.64 Å². The molecule has 3 aromatic rings. The molecule has 1 atom stereocenters. The first-order valence-corrected chi connectivity index (χ1v) is 10.7. The molecule has 4 nitrogen and oxygen atoms in total. The molecule has 4 rings (SSSR count). The maximum atomic E-state index is 13.3. The lowest BCUT2D eigenvalue weighted by Gasteiger charge is -2.23. The number of benzene rings is 2. The third-order valence-corrected chi connectivity index (χ3v) is 6.75.